The highest BCUT2D eigenvalue weighted by molar-refractivity contribution is 7.08. The van der Waals surface area contributed by atoms with E-state index in [9.17, 15) is 4.79 Å². The Kier molecular flexibility index (Phi) is 3.91. The van der Waals surface area contributed by atoms with Crippen molar-refractivity contribution in [3.05, 3.63) is 64.9 Å². The number of carbonyl (C=O) groups is 1. The van der Waals surface area contributed by atoms with Gasteiger partial charge in [-0.05, 0) is 49.0 Å². The van der Waals surface area contributed by atoms with Gasteiger partial charge in [0.05, 0.1) is 23.3 Å². The summed E-state index contributed by atoms with van der Waals surface area (Å²) in [4.78, 5) is 22.4. The van der Waals surface area contributed by atoms with Gasteiger partial charge in [-0.3, -0.25) is 14.6 Å². The Morgan fingerprint density at radius 2 is 2.00 bits per heavy atom. The lowest BCUT2D eigenvalue weighted by Gasteiger charge is -2.38. The van der Waals surface area contributed by atoms with Crippen LogP contribution in [0.2, 0.25) is 0 Å². The summed E-state index contributed by atoms with van der Waals surface area (Å²) < 4.78 is 2.07. The number of hydrogen-bond donors (Lipinski definition) is 0. The highest BCUT2D eigenvalue weighted by Crippen LogP contribution is 2.50. The van der Waals surface area contributed by atoms with Gasteiger partial charge in [-0.2, -0.15) is 11.3 Å². The molecule has 2 aliphatic heterocycles. The Bertz CT molecular complexity index is 970. The second-order valence-corrected chi connectivity index (χ2v) is 8.23. The zero-order valence-corrected chi connectivity index (χ0v) is 16.2. The van der Waals surface area contributed by atoms with Crippen LogP contribution in [0.3, 0.4) is 0 Å². The number of anilines is 2. The first-order valence-electron chi connectivity index (χ1n) is 9.34. The molecule has 5 nitrogen and oxygen atoms in total. The summed E-state index contributed by atoms with van der Waals surface area (Å²) in [5.41, 5.74) is 2.84. The van der Waals surface area contributed by atoms with Gasteiger partial charge in [0, 0.05) is 24.8 Å². The molecule has 4 heterocycles. The second kappa shape index (κ2) is 6.32. The van der Waals surface area contributed by atoms with Gasteiger partial charge in [0.2, 0.25) is 5.91 Å². The van der Waals surface area contributed by atoms with E-state index in [2.05, 4.69) is 38.0 Å². The van der Waals surface area contributed by atoms with Crippen molar-refractivity contribution in [3.8, 4) is 0 Å². The number of piperidine rings is 1. The number of hydrogen-bond acceptors (Lipinski definition) is 4. The van der Waals surface area contributed by atoms with Crippen LogP contribution in [0, 0.1) is 0 Å². The van der Waals surface area contributed by atoms with Gasteiger partial charge < -0.3 is 4.57 Å². The summed E-state index contributed by atoms with van der Waals surface area (Å²) >= 11 is 1.63. The molecule has 1 spiro atoms. The lowest BCUT2D eigenvalue weighted by molar-refractivity contribution is -0.124. The number of benzene rings is 1. The van der Waals surface area contributed by atoms with Gasteiger partial charge >= 0.3 is 0 Å². The molecule has 1 aromatic carbocycles. The number of thiophene rings is 1. The monoisotopic (exact) mass is 378 g/mol. The Hall–Kier alpha value is -2.44. The summed E-state index contributed by atoms with van der Waals surface area (Å²) in [5, 5.41) is 4.09. The largest absolute Gasteiger partial charge is 0.337 e. The molecule has 0 N–H and O–H groups in total. The van der Waals surface area contributed by atoms with E-state index in [0.29, 0.717) is 0 Å². The highest BCUT2D eigenvalue weighted by atomic mass is 32.1. The first kappa shape index (κ1) is 16.7. The number of aryl methyl sites for hydroxylation is 1. The predicted octanol–water partition coefficient (Wildman–Crippen LogP) is 3.69. The average Bonchev–Trinajstić information content (AvgIpc) is 3.40. The van der Waals surface area contributed by atoms with Crippen LogP contribution in [-0.2, 0) is 23.8 Å². The number of para-hydroxylation sites is 1. The molecule has 3 aromatic rings. The summed E-state index contributed by atoms with van der Waals surface area (Å²) in [7, 11) is 2.03. The lowest BCUT2D eigenvalue weighted by atomic mass is 9.73. The summed E-state index contributed by atoms with van der Waals surface area (Å²) in [6, 6.07) is 10.4. The van der Waals surface area contributed by atoms with Crippen LogP contribution in [-0.4, -0.2) is 33.4 Å². The quantitative estimate of drug-likeness (QED) is 0.698. The van der Waals surface area contributed by atoms with Crippen molar-refractivity contribution in [3.63, 3.8) is 0 Å². The molecule has 2 aromatic heterocycles. The molecule has 5 rings (SSSR count). The Labute approximate surface area is 162 Å². The fourth-order valence-corrected chi connectivity index (χ4v) is 5.10. The van der Waals surface area contributed by atoms with Gasteiger partial charge in [-0.25, -0.2) is 4.98 Å². The maximum atomic E-state index is 13.6. The number of likely N-dealkylation sites (tertiary alicyclic amines) is 1. The van der Waals surface area contributed by atoms with E-state index in [4.69, 9.17) is 0 Å². The van der Waals surface area contributed by atoms with Crippen molar-refractivity contribution in [1.82, 2.24) is 14.5 Å². The fraction of sp³-hybridized carbons (Fsp3) is 0.333. The first-order chi connectivity index (χ1) is 13.2. The van der Waals surface area contributed by atoms with Crippen LogP contribution in [0.1, 0.15) is 24.2 Å². The molecule has 0 aliphatic carbocycles. The van der Waals surface area contributed by atoms with Crippen molar-refractivity contribution < 1.29 is 4.79 Å². The second-order valence-electron chi connectivity index (χ2n) is 7.45. The van der Waals surface area contributed by atoms with E-state index in [1.165, 1.54) is 5.56 Å². The van der Waals surface area contributed by atoms with Crippen LogP contribution in [0.4, 0.5) is 11.4 Å². The summed E-state index contributed by atoms with van der Waals surface area (Å²) in [5.74, 6) is 1.31. The predicted molar refractivity (Wildman–Crippen MR) is 107 cm³/mol. The maximum absolute atomic E-state index is 13.6. The topological polar surface area (TPSA) is 41.4 Å². The van der Waals surface area contributed by atoms with E-state index in [0.717, 1.165) is 49.7 Å². The minimum atomic E-state index is -0.392. The molecule has 1 amide bonds. The van der Waals surface area contributed by atoms with Crippen molar-refractivity contribution in [2.75, 3.05) is 18.0 Å². The molecule has 1 saturated heterocycles. The minimum absolute atomic E-state index is 0.235. The third-order valence-corrected chi connectivity index (χ3v) is 6.70. The Morgan fingerprint density at radius 3 is 2.70 bits per heavy atom. The van der Waals surface area contributed by atoms with Crippen LogP contribution >= 0.6 is 11.3 Å². The zero-order chi connectivity index (χ0) is 18.4. The molecular weight excluding hydrogens is 356 g/mol. The molecule has 0 saturated carbocycles. The van der Waals surface area contributed by atoms with Gasteiger partial charge in [-0.15, -0.1) is 0 Å². The average molecular weight is 379 g/mol. The number of aromatic nitrogens is 2. The zero-order valence-electron chi connectivity index (χ0n) is 15.3. The number of nitrogens with zero attached hydrogens (tertiary/aromatic N) is 4. The third-order valence-electron chi connectivity index (χ3n) is 6.03. The third kappa shape index (κ3) is 2.55. The van der Waals surface area contributed by atoms with E-state index in [1.807, 2.05) is 41.9 Å². The maximum Gasteiger partial charge on any atom is 0.242 e. The van der Waals surface area contributed by atoms with E-state index >= 15 is 0 Å². The van der Waals surface area contributed by atoms with Gasteiger partial charge in [-0.1, -0.05) is 18.2 Å². The minimum Gasteiger partial charge on any atom is -0.337 e. The van der Waals surface area contributed by atoms with E-state index < -0.39 is 5.41 Å². The number of amides is 1. The molecule has 0 atom stereocenters. The Morgan fingerprint density at radius 1 is 1.19 bits per heavy atom. The van der Waals surface area contributed by atoms with Crippen LogP contribution in [0.15, 0.2) is 53.5 Å². The van der Waals surface area contributed by atoms with E-state index in [1.54, 1.807) is 11.3 Å². The molecule has 1 fully saturated rings. The fourth-order valence-electron chi connectivity index (χ4n) is 4.48. The van der Waals surface area contributed by atoms with Crippen molar-refractivity contribution in [2.45, 2.75) is 24.8 Å². The van der Waals surface area contributed by atoms with Crippen molar-refractivity contribution in [2.24, 2.45) is 7.05 Å². The smallest absolute Gasteiger partial charge is 0.242 e. The molecule has 6 heteroatoms. The van der Waals surface area contributed by atoms with Crippen LogP contribution in [0.25, 0.3) is 0 Å². The molecule has 0 unspecified atom stereocenters. The lowest BCUT2D eigenvalue weighted by Crippen LogP contribution is -2.47. The molecular formula is C21H22N4OS. The molecule has 0 radical (unpaired) electrons. The van der Waals surface area contributed by atoms with Gasteiger partial charge in [0.15, 0.2) is 0 Å². The highest BCUT2D eigenvalue weighted by Gasteiger charge is 2.52. The first-order valence-corrected chi connectivity index (χ1v) is 10.3. The molecule has 0 bridgehead atoms. The number of carbonyl (C=O) groups excluding carboxylic acids is 1. The number of fused-ring (bicyclic) bond motifs is 2. The number of rotatable bonds is 3. The van der Waals surface area contributed by atoms with Crippen LogP contribution in [0.5, 0.6) is 0 Å². The van der Waals surface area contributed by atoms with Crippen molar-refractivity contribution in [1.29, 1.82) is 0 Å². The van der Waals surface area contributed by atoms with Crippen LogP contribution < -0.4 is 4.90 Å². The molecule has 138 valence electrons. The van der Waals surface area contributed by atoms with Crippen molar-refractivity contribution >= 4 is 28.6 Å². The normalized spacial score (nSPS) is 19.0. The SMILES string of the molecule is Cn1ccnc1CN1CCC2(CC1)C(=O)N(c1ccsc1)c1ccccc12. The number of imidazole rings is 1. The Balaban J connectivity index is 1.43. The molecule has 2 aliphatic rings. The van der Waals surface area contributed by atoms with E-state index in [-0.39, 0.29) is 5.91 Å². The summed E-state index contributed by atoms with van der Waals surface area (Å²) in [6.07, 6.45) is 5.54. The molecule has 27 heavy (non-hydrogen) atoms. The van der Waals surface area contributed by atoms with Gasteiger partial charge in [0.25, 0.3) is 0 Å². The van der Waals surface area contributed by atoms with Gasteiger partial charge in [0.1, 0.15) is 5.82 Å². The standard InChI is InChI=1S/C21H22N4OS/c1-23-12-9-22-19(23)14-24-10-7-21(8-11-24)17-4-2-3-5-18(17)25(20(21)26)16-6-13-27-15-16/h2-6,9,12-13,15H,7-8,10-11,14H2,1H3. The summed E-state index contributed by atoms with van der Waals surface area (Å²) in [6.45, 7) is 2.65.